The molecular weight excluding hydrogens is 516 g/mol. The highest BCUT2D eigenvalue weighted by Crippen LogP contribution is 2.38. The molecule has 0 saturated carbocycles. The molecule has 1 amide bonds. The van der Waals surface area contributed by atoms with E-state index in [4.69, 9.17) is 36.0 Å². The fourth-order valence-electron chi connectivity index (χ4n) is 3.57. The number of hydrazone groups is 1. The number of nitrogens with zero attached hydrogens (tertiary/aromatic N) is 3. The van der Waals surface area contributed by atoms with Crippen molar-refractivity contribution in [3.63, 3.8) is 0 Å². The summed E-state index contributed by atoms with van der Waals surface area (Å²) in [6, 6.07) is 10.6. The molecule has 2 aromatic rings. The standard InChI is InChI=1S/C26H27ClN4O5S/c1-4-5-6-22-30-31-24(28)19(25(32)29-26(31)37-22)13-16-14-20(27)23(21(15-16)34-3)36-12-11-35-18-9-7-17(33-2)8-10-18/h7-10,13-15,28H,4-6,11-12H2,1-3H3. The average Bonchev–Trinajstić information content (AvgIpc) is 3.31. The van der Waals surface area contributed by atoms with Crippen molar-refractivity contribution in [1.29, 1.82) is 5.41 Å². The topological polar surface area (TPSA) is 106 Å². The van der Waals surface area contributed by atoms with Gasteiger partial charge in [-0.2, -0.15) is 15.1 Å². The van der Waals surface area contributed by atoms with Gasteiger partial charge in [-0.3, -0.25) is 10.2 Å². The molecule has 0 radical (unpaired) electrons. The average molecular weight is 543 g/mol. The molecule has 1 N–H and O–H groups in total. The van der Waals surface area contributed by atoms with E-state index in [1.54, 1.807) is 25.3 Å². The second-order valence-corrected chi connectivity index (χ2v) is 9.47. The first-order chi connectivity index (χ1) is 17.9. The smallest absolute Gasteiger partial charge is 0.283 e. The van der Waals surface area contributed by atoms with E-state index >= 15 is 0 Å². The molecule has 0 atom stereocenters. The lowest BCUT2D eigenvalue weighted by molar-refractivity contribution is -0.114. The largest absolute Gasteiger partial charge is 0.497 e. The number of unbranched alkanes of at least 4 members (excludes halogenated alkanes) is 1. The Labute approximate surface area is 224 Å². The predicted octanol–water partition coefficient (Wildman–Crippen LogP) is 5.62. The van der Waals surface area contributed by atoms with Crippen LogP contribution < -0.4 is 18.9 Å². The van der Waals surface area contributed by atoms with Crippen molar-refractivity contribution in [3.05, 3.63) is 52.6 Å². The number of aliphatic imine (C=N–C) groups is 1. The Morgan fingerprint density at radius 1 is 1.08 bits per heavy atom. The first-order valence-electron chi connectivity index (χ1n) is 11.7. The van der Waals surface area contributed by atoms with E-state index in [0.29, 0.717) is 33.0 Å². The Kier molecular flexibility index (Phi) is 8.73. The van der Waals surface area contributed by atoms with Crippen LogP contribution in [0.1, 0.15) is 31.7 Å². The number of halogens is 1. The zero-order valence-electron chi connectivity index (χ0n) is 20.7. The van der Waals surface area contributed by atoms with E-state index in [-0.39, 0.29) is 24.6 Å². The van der Waals surface area contributed by atoms with Crippen molar-refractivity contribution in [1.82, 2.24) is 5.01 Å². The van der Waals surface area contributed by atoms with Crippen LogP contribution in [0.15, 0.2) is 52.1 Å². The quantitative estimate of drug-likeness (QED) is 0.290. The molecule has 4 rings (SSSR count). The Morgan fingerprint density at radius 3 is 2.51 bits per heavy atom. The number of fused-ring (bicyclic) bond motifs is 1. The zero-order valence-corrected chi connectivity index (χ0v) is 22.3. The first kappa shape index (κ1) is 26.6. The van der Waals surface area contributed by atoms with E-state index in [2.05, 4.69) is 17.0 Å². The summed E-state index contributed by atoms with van der Waals surface area (Å²) in [4.78, 5) is 16.8. The second-order valence-electron chi connectivity index (χ2n) is 8.02. The lowest BCUT2D eigenvalue weighted by atomic mass is 10.1. The van der Waals surface area contributed by atoms with Crippen LogP contribution in [0, 0.1) is 5.41 Å². The minimum absolute atomic E-state index is 0.0277. The summed E-state index contributed by atoms with van der Waals surface area (Å²) in [6.07, 6.45) is 4.36. The van der Waals surface area contributed by atoms with Crippen molar-refractivity contribution >= 4 is 51.4 Å². The maximum atomic E-state index is 12.7. The third kappa shape index (κ3) is 6.26. The molecular formula is C26H27ClN4O5S. The molecule has 2 aromatic carbocycles. The summed E-state index contributed by atoms with van der Waals surface area (Å²) in [7, 11) is 3.11. The maximum absolute atomic E-state index is 12.7. The number of nitrogens with one attached hydrogen (secondary N) is 1. The molecule has 2 heterocycles. The summed E-state index contributed by atoms with van der Waals surface area (Å²) in [5, 5.41) is 16.0. The Balaban J connectivity index is 1.45. The van der Waals surface area contributed by atoms with Crippen molar-refractivity contribution in [2.45, 2.75) is 26.2 Å². The third-order valence-corrected chi connectivity index (χ3v) is 6.71. The lowest BCUT2D eigenvalue weighted by Gasteiger charge is -2.20. The fraction of sp³-hybridized carbons (Fsp3) is 0.308. The molecule has 2 aliphatic heterocycles. The van der Waals surface area contributed by atoms with Gasteiger partial charge in [0.1, 0.15) is 29.8 Å². The number of carbonyl (C=O) groups excluding carboxylic acids is 1. The third-order valence-electron chi connectivity index (χ3n) is 5.46. The monoisotopic (exact) mass is 542 g/mol. The van der Waals surface area contributed by atoms with Crippen LogP contribution in [0.5, 0.6) is 23.0 Å². The van der Waals surface area contributed by atoms with Crippen LogP contribution in [0.25, 0.3) is 6.08 Å². The van der Waals surface area contributed by atoms with E-state index in [9.17, 15) is 4.79 Å². The Hall–Kier alpha value is -3.50. The molecule has 0 saturated heterocycles. The molecule has 194 valence electrons. The molecule has 9 nitrogen and oxygen atoms in total. The highest BCUT2D eigenvalue weighted by molar-refractivity contribution is 8.26. The van der Waals surface area contributed by atoms with Gasteiger partial charge in [0.05, 0.1) is 24.8 Å². The maximum Gasteiger partial charge on any atom is 0.283 e. The highest BCUT2D eigenvalue weighted by atomic mass is 35.5. The van der Waals surface area contributed by atoms with E-state index in [1.807, 2.05) is 24.3 Å². The van der Waals surface area contributed by atoms with Gasteiger partial charge < -0.3 is 18.9 Å². The first-order valence-corrected chi connectivity index (χ1v) is 12.9. The van der Waals surface area contributed by atoms with Crippen molar-refractivity contribution < 1.29 is 23.7 Å². The second kappa shape index (κ2) is 12.2. The van der Waals surface area contributed by atoms with Gasteiger partial charge in [0, 0.05) is 0 Å². The normalized spacial score (nSPS) is 15.9. The van der Waals surface area contributed by atoms with Crippen LogP contribution in [0.3, 0.4) is 0 Å². The van der Waals surface area contributed by atoms with E-state index < -0.39 is 5.91 Å². The van der Waals surface area contributed by atoms with Crippen LogP contribution in [-0.2, 0) is 4.79 Å². The number of thioether (sulfide) groups is 1. The number of rotatable bonds is 11. The Morgan fingerprint density at radius 2 is 1.81 bits per heavy atom. The molecule has 0 spiro atoms. The van der Waals surface area contributed by atoms with Gasteiger partial charge in [0.25, 0.3) is 5.91 Å². The molecule has 0 fully saturated rings. The molecule has 0 aliphatic carbocycles. The summed E-state index contributed by atoms with van der Waals surface area (Å²) in [5.41, 5.74) is 0.682. The lowest BCUT2D eigenvalue weighted by Crippen LogP contribution is -2.35. The van der Waals surface area contributed by atoms with Crippen LogP contribution in [0.2, 0.25) is 5.02 Å². The molecule has 0 unspecified atom stereocenters. The number of amidine groups is 2. The predicted molar refractivity (Wildman–Crippen MR) is 147 cm³/mol. The van der Waals surface area contributed by atoms with Crippen molar-refractivity contribution in [2.24, 2.45) is 10.1 Å². The summed E-state index contributed by atoms with van der Waals surface area (Å²) >= 11 is 7.83. The SMILES string of the molecule is CCCCC1=NN2C(=N)C(=Cc3cc(Cl)c(OCCOc4ccc(OC)cc4)c(OC)c3)C(=O)N=C2S1. The Bertz CT molecular complexity index is 1280. The summed E-state index contributed by atoms with van der Waals surface area (Å²) < 4.78 is 22.1. The van der Waals surface area contributed by atoms with Crippen LogP contribution in [0.4, 0.5) is 0 Å². The number of amides is 1. The number of benzene rings is 2. The van der Waals surface area contributed by atoms with Gasteiger partial charge >= 0.3 is 0 Å². The van der Waals surface area contributed by atoms with Gasteiger partial charge in [-0.25, -0.2) is 0 Å². The van der Waals surface area contributed by atoms with Gasteiger partial charge in [0.2, 0.25) is 5.17 Å². The molecule has 0 bridgehead atoms. The highest BCUT2D eigenvalue weighted by Gasteiger charge is 2.35. The number of hydrogen-bond acceptors (Lipinski definition) is 8. The summed E-state index contributed by atoms with van der Waals surface area (Å²) in [6.45, 7) is 2.62. The number of carbonyl (C=O) groups is 1. The molecule has 0 aromatic heterocycles. The van der Waals surface area contributed by atoms with E-state index in [1.165, 1.54) is 23.9 Å². The number of ether oxygens (including phenoxy) is 4. The van der Waals surface area contributed by atoms with E-state index in [0.717, 1.165) is 30.1 Å². The molecule has 2 aliphatic rings. The van der Waals surface area contributed by atoms with Gasteiger partial charge in [0.15, 0.2) is 17.3 Å². The minimum Gasteiger partial charge on any atom is -0.497 e. The van der Waals surface area contributed by atoms with Gasteiger partial charge in [-0.05, 0) is 72.6 Å². The van der Waals surface area contributed by atoms with Gasteiger partial charge in [-0.15, -0.1) is 0 Å². The van der Waals surface area contributed by atoms with Crippen molar-refractivity contribution in [3.8, 4) is 23.0 Å². The van der Waals surface area contributed by atoms with Crippen LogP contribution in [-0.4, -0.2) is 54.4 Å². The number of methoxy groups -OCH3 is 2. The molecule has 11 heteroatoms. The minimum atomic E-state index is -0.498. The number of hydrogen-bond donors (Lipinski definition) is 1. The fourth-order valence-corrected chi connectivity index (χ4v) is 4.77. The van der Waals surface area contributed by atoms with Crippen molar-refractivity contribution in [2.75, 3.05) is 27.4 Å². The van der Waals surface area contributed by atoms with Crippen LogP contribution >= 0.6 is 23.4 Å². The van der Waals surface area contributed by atoms with Gasteiger partial charge in [-0.1, -0.05) is 24.9 Å². The molecule has 37 heavy (non-hydrogen) atoms. The summed E-state index contributed by atoms with van der Waals surface area (Å²) in [5.74, 6) is 1.65. The zero-order chi connectivity index (χ0) is 26.4.